The lowest BCUT2D eigenvalue weighted by Crippen LogP contribution is -2.36. The van der Waals surface area contributed by atoms with E-state index in [0.717, 1.165) is 6.61 Å². The molecule has 7 nitrogen and oxygen atoms in total. The van der Waals surface area contributed by atoms with Crippen LogP contribution in [0.15, 0.2) is 0 Å². The van der Waals surface area contributed by atoms with Crippen molar-refractivity contribution in [2.45, 2.75) is 33.3 Å². The summed E-state index contributed by atoms with van der Waals surface area (Å²) in [7, 11) is -3.09. The first-order valence-electron chi connectivity index (χ1n) is 5.03. The highest BCUT2D eigenvalue weighted by Gasteiger charge is 2.34. The maximum atomic E-state index is 11.0. The van der Waals surface area contributed by atoms with Gasteiger partial charge in [0, 0.05) is 20.3 Å². The molecule has 0 rings (SSSR count). The fourth-order valence-corrected chi connectivity index (χ4v) is 1.07. The molecule has 0 atom stereocenters. The number of phosphoric acid groups is 1. The van der Waals surface area contributed by atoms with Crippen molar-refractivity contribution in [1.82, 2.24) is 0 Å². The molecule has 0 spiro atoms. The zero-order chi connectivity index (χ0) is 14.1. The van der Waals surface area contributed by atoms with Gasteiger partial charge in [-0.3, -0.25) is 9.79 Å². The molecule has 0 heterocycles. The van der Waals surface area contributed by atoms with Crippen molar-refractivity contribution >= 4 is 13.8 Å². The van der Waals surface area contributed by atoms with Crippen LogP contribution in [-0.4, -0.2) is 41.7 Å². The number of carbonyl (C=O) groups is 1. The van der Waals surface area contributed by atoms with E-state index < -0.39 is 19.4 Å². The molecular weight excluding hydrogens is 251 g/mol. The molecule has 0 aromatic heterocycles. The van der Waals surface area contributed by atoms with Crippen LogP contribution in [-0.2, 0) is 23.4 Å². The van der Waals surface area contributed by atoms with Crippen molar-refractivity contribution in [3.05, 3.63) is 0 Å². The van der Waals surface area contributed by atoms with Gasteiger partial charge in [-0.1, -0.05) is 0 Å². The number of rotatable bonds is 5. The van der Waals surface area contributed by atoms with E-state index in [9.17, 15) is 9.36 Å². The smallest absolute Gasteiger partial charge is 0.385 e. The van der Waals surface area contributed by atoms with Gasteiger partial charge in [0.1, 0.15) is 0 Å². The lowest BCUT2D eigenvalue weighted by Gasteiger charge is -2.21. The lowest BCUT2D eigenvalue weighted by atomic mass is 10.1. The monoisotopic (exact) mass is 272 g/mol. The van der Waals surface area contributed by atoms with E-state index in [0.29, 0.717) is 0 Å². The zero-order valence-corrected chi connectivity index (χ0v) is 11.7. The summed E-state index contributed by atoms with van der Waals surface area (Å²) in [5.74, 6) is -1.08. The predicted molar refractivity (Wildman–Crippen MR) is 61.4 cm³/mol. The molecule has 8 heteroatoms. The van der Waals surface area contributed by atoms with Crippen LogP contribution in [0.2, 0.25) is 0 Å². The summed E-state index contributed by atoms with van der Waals surface area (Å²) in [6.45, 7) is 7.43. The molecular formula is C9H21O7P. The Labute approximate surface area is 101 Å². The lowest BCUT2D eigenvalue weighted by molar-refractivity contribution is -0.159. The van der Waals surface area contributed by atoms with Gasteiger partial charge < -0.3 is 14.0 Å². The van der Waals surface area contributed by atoms with Gasteiger partial charge in [0.05, 0.1) is 0 Å². The molecule has 104 valence electrons. The molecule has 0 aliphatic carbocycles. The summed E-state index contributed by atoms with van der Waals surface area (Å²) in [5, 5.41) is 0. The molecule has 2 N–H and O–H groups in total. The number of methoxy groups -OCH3 is 1. The highest BCUT2D eigenvalue weighted by atomic mass is 31.2. The Morgan fingerprint density at radius 2 is 1.65 bits per heavy atom. The maximum absolute atomic E-state index is 11.0. The fraction of sp³-hybridized carbons (Fsp3) is 0.889. The summed E-state index contributed by atoms with van der Waals surface area (Å²) < 4.78 is 23.6. The third-order valence-electron chi connectivity index (χ3n) is 1.49. The standard InChI is InChI=1S/C6H13O6P.C3H8O/c1-4-11-6(2,3)5(7)12-13(8,9)10;1-3-4-2/h4H2,1-3H3,(H2,8,9,10);3H2,1-2H3. The van der Waals surface area contributed by atoms with Gasteiger partial charge in [-0.25, -0.2) is 9.36 Å². The van der Waals surface area contributed by atoms with Gasteiger partial charge in [0.25, 0.3) is 0 Å². The quantitative estimate of drug-likeness (QED) is 0.722. The summed E-state index contributed by atoms with van der Waals surface area (Å²) >= 11 is 0. The topological polar surface area (TPSA) is 102 Å². The second-order valence-corrected chi connectivity index (χ2v) is 4.55. The van der Waals surface area contributed by atoms with Gasteiger partial charge in [-0.2, -0.15) is 0 Å². The third-order valence-corrected chi connectivity index (χ3v) is 1.89. The SMILES string of the molecule is CCOC.CCOC(C)(C)C(=O)OP(=O)(O)O. The summed E-state index contributed by atoms with van der Waals surface area (Å²) in [5.41, 5.74) is -1.34. The van der Waals surface area contributed by atoms with E-state index >= 15 is 0 Å². The van der Waals surface area contributed by atoms with Crippen LogP contribution in [0.4, 0.5) is 0 Å². The van der Waals surface area contributed by atoms with E-state index in [1.807, 2.05) is 6.92 Å². The first kappa shape index (κ1) is 18.9. The Morgan fingerprint density at radius 1 is 1.24 bits per heavy atom. The van der Waals surface area contributed by atoms with E-state index in [1.165, 1.54) is 13.8 Å². The number of hydrogen-bond donors (Lipinski definition) is 2. The molecule has 17 heavy (non-hydrogen) atoms. The van der Waals surface area contributed by atoms with Crippen LogP contribution >= 0.6 is 7.82 Å². The fourth-order valence-electron chi connectivity index (χ4n) is 0.638. The van der Waals surface area contributed by atoms with Crippen LogP contribution in [0.3, 0.4) is 0 Å². The van der Waals surface area contributed by atoms with E-state index in [1.54, 1.807) is 14.0 Å². The zero-order valence-electron chi connectivity index (χ0n) is 10.8. The Hall–Kier alpha value is -0.460. The molecule has 0 aliphatic rings. The number of carbonyl (C=O) groups excluding carboxylic acids is 1. The van der Waals surface area contributed by atoms with Crippen LogP contribution in [0.5, 0.6) is 0 Å². The summed E-state index contributed by atoms with van der Waals surface area (Å²) in [6.07, 6.45) is 0. The highest BCUT2D eigenvalue weighted by Crippen LogP contribution is 2.37. The van der Waals surface area contributed by atoms with Crippen molar-refractivity contribution in [3.8, 4) is 0 Å². The van der Waals surface area contributed by atoms with E-state index in [4.69, 9.17) is 14.5 Å². The molecule has 0 aromatic rings. The number of phosphoric ester groups is 1. The normalized spacial score (nSPS) is 11.5. The first-order valence-corrected chi connectivity index (χ1v) is 6.56. The second-order valence-electron chi connectivity index (χ2n) is 3.39. The highest BCUT2D eigenvalue weighted by molar-refractivity contribution is 7.46. The molecule has 0 amide bonds. The molecule has 0 unspecified atom stereocenters. The largest absolute Gasteiger partial charge is 0.527 e. The number of hydrogen-bond acceptors (Lipinski definition) is 5. The van der Waals surface area contributed by atoms with Crippen molar-refractivity contribution in [3.63, 3.8) is 0 Å². The Balaban J connectivity index is 0. The van der Waals surface area contributed by atoms with Crippen LogP contribution in [0.25, 0.3) is 0 Å². The molecule has 0 bridgehead atoms. The first-order chi connectivity index (χ1) is 7.60. The minimum atomic E-state index is -4.77. The minimum Gasteiger partial charge on any atom is -0.385 e. The van der Waals surface area contributed by atoms with Crippen LogP contribution < -0.4 is 0 Å². The maximum Gasteiger partial charge on any atom is 0.527 e. The second kappa shape index (κ2) is 8.60. The molecule has 0 aliphatic heterocycles. The molecule has 0 radical (unpaired) electrons. The Morgan fingerprint density at radius 3 is 1.88 bits per heavy atom. The molecule has 0 saturated heterocycles. The van der Waals surface area contributed by atoms with Gasteiger partial charge in [-0.15, -0.1) is 0 Å². The molecule has 0 aromatic carbocycles. The molecule has 0 fully saturated rings. The van der Waals surface area contributed by atoms with Crippen molar-refractivity contribution in [2.75, 3.05) is 20.3 Å². The van der Waals surface area contributed by atoms with Crippen molar-refractivity contribution in [2.24, 2.45) is 0 Å². The van der Waals surface area contributed by atoms with Crippen LogP contribution in [0.1, 0.15) is 27.7 Å². The average Bonchev–Trinajstić information content (AvgIpc) is 2.15. The average molecular weight is 272 g/mol. The van der Waals surface area contributed by atoms with Crippen molar-refractivity contribution < 1.29 is 33.1 Å². The van der Waals surface area contributed by atoms with E-state index in [-0.39, 0.29) is 6.61 Å². The van der Waals surface area contributed by atoms with E-state index in [2.05, 4.69) is 9.26 Å². The van der Waals surface area contributed by atoms with Crippen LogP contribution in [0, 0.1) is 0 Å². The summed E-state index contributed by atoms with van der Waals surface area (Å²) in [6, 6.07) is 0. The third kappa shape index (κ3) is 11.8. The van der Waals surface area contributed by atoms with Gasteiger partial charge in [-0.05, 0) is 27.7 Å². The number of ether oxygens (including phenoxy) is 2. The minimum absolute atomic E-state index is 0.253. The molecule has 0 saturated carbocycles. The van der Waals surface area contributed by atoms with Crippen molar-refractivity contribution in [1.29, 1.82) is 0 Å². The van der Waals surface area contributed by atoms with Gasteiger partial charge in [0.15, 0.2) is 5.60 Å². The summed E-state index contributed by atoms with van der Waals surface area (Å²) in [4.78, 5) is 27.7. The Bertz CT molecular complexity index is 256. The van der Waals surface area contributed by atoms with Gasteiger partial charge in [0.2, 0.25) is 0 Å². The predicted octanol–water partition coefficient (Wildman–Crippen LogP) is 1.09. The van der Waals surface area contributed by atoms with Gasteiger partial charge >= 0.3 is 13.8 Å². The Kier molecular flexibility index (Phi) is 9.56.